The van der Waals surface area contributed by atoms with Crippen LogP contribution in [0.2, 0.25) is 0 Å². The fourth-order valence-corrected chi connectivity index (χ4v) is 3.73. The molecule has 2 heterocycles. The van der Waals surface area contributed by atoms with Crippen molar-refractivity contribution in [3.05, 3.63) is 41.2 Å². The number of hydrogen-bond donors (Lipinski definition) is 2. The van der Waals surface area contributed by atoms with E-state index in [9.17, 15) is 13.2 Å². The van der Waals surface area contributed by atoms with Crippen molar-refractivity contribution >= 4 is 5.69 Å². The molecule has 0 amide bonds. The molecule has 0 bridgehead atoms. The average molecular weight is 384 g/mol. The molecule has 0 unspecified atom stereocenters. The van der Waals surface area contributed by atoms with Gasteiger partial charge in [0.25, 0.3) is 0 Å². The first-order valence-corrected chi connectivity index (χ1v) is 9.19. The molecule has 8 heteroatoms. The molecule has 0 radical (unpaired) electrons. The summed E-state index contributed by atoms with van der Waals surface area (Å²) in [4.78, 5) is 4.48. The van der Waals surface area contributed by atoms with Gasteiger partial charge in [-0.05, 0) is 43.5 Å². The number of rotatable bonds is 4. The number of halogens is 3. The van der Waals surface area contributed by atoms with Gasteiger partial charge in [0.1, 0.15) is 0 Å². The number of nitrogens with zero attached hydrogens (tertiary/aromatic N) is 2. The van der Waals surface area contributed by atoms with Crippen LogP contribution in [0.25, 0.3) is 0 Å². The molecule has 1 saturated heterocycles. The molecule has 1 atom stereocenters. The number of benzene rings is 1. The second-order valence-corrected chi connectivity index (χ2v) is 7.40. The van der Waals surface area contributed by atoms with Crippen LogP contribution in [0.15, 0.2) is 30.1 Å². The Morgan fingerprint density at radius 1 is 1.22 bits per heavy atom. The number of anilines is 1. The number of alkyl halides is 3. The third kappa shape index (κ3) is 5.07. The lowest BCUT2D eigenvalue weighted by Gasteiger charge is -2.40. The molecule has 5 nitrogen and oxygen atoms in total. The lowest BCUT2D eigenvalue weighted by atomic mass is 10.0. The second kappa shape index (κ2) is 7.98. The third-order valence-corrected chi connectivity index (χ3v) is 5.07. The quantitative estimate of drug-likeness (QED) is 0.781. The average Bonchev–Trinajstić information content (AvgIpc) is 2.60. The molecule has 3 rings (SSSR count). The van der Waals surface area contributed by atoms with Gasteiger partial charge in [-0.3, -0.25) is 4.90 Å². The minimum absolute atomic E-state index is 0.118. The first-order valence-electron chi connectivity index (χ1n) is 9.19. The van der Waals surface area contributed by atoms with E-state index in [1.165, 1.54) is 0 Å². The summed E-state index contributed by atoms with van der Waals surface area (Å²) in [5, 5.41) is 3.36. The number of nitrogen functional groups attached to an aromatic ring is 1. The fourth-order valence-electron chi connectivity index (χ4n) is 3.73. The van der Waals surface area contributed by atoms with Crippen molar-refractivity contribution in [1.82, 2.24) is 15.1 Å². The van der Waals surface area contributed by atoms with E-state index in [0.29, 0.717) is 11.6 Å². The normalized spacial score (nSPS) is 21.1. The molecule has 3 N–H and O–H groups in total. The van der Waals surface area contributed by atoms with E-state index in [1.807, 2.05) is 20.2 Å². The summed E-state index contributed by atoms with van der Waals surface area (Å²) in [6, 6.07) is 3.90. The SMILES string of the molecule is C[C@@H](NC1=CN(C)CN(C2CCOCC2)C1)c1cc(N)cc(C(F)(F)F)c1. The summed E-state index contributed by atoms with van der Waals surface area (Å²) in [7, 11) is 2.00. The largest absolute Gasteiger partial charge is 0.416 e. The maximum Gasteiger partial charge on any atom is 0.416 e. The van der Waals surface area contributed by atoms with Crippen LogP contribution < -0.4 is 11.1 Å². The van der Waals surface area contributed by atoms with Crippen LogP contribution >= 0.6 is 0 Å². The fraction of sp³-hybridized carbons (Fsp3) is 0.579. The van der Waals surface area contributed by atoms with Crippen molar-refractivity contribution in [3.63, 3.8) is 0 Å². The molecule has 0 aliphatic carbocycles. The van der Waals surface area contributed by atoms with Crippen LogP contribution in [0, 0.1) is 0 Å². The van der Waals surface area contributed by atoms with Gasteiger partial charge in [0.05, 0.1) is 12.2 Å². The first-order chi connectivity index (χ1) is 12.7. The number of nitrogens with one attached hydrogen (secondary N) is 1. The lowest BCUT2D eigenvalue weighted by Crippen LogP contribution is -2.49. The Labute approximate surface area is 157 Å². The maximum atomic E-state index is 13.1. The van der Waals surface area contributed by atoms with Crippen LogP contribution in [0.5, 0.6) is 0 Å². The van der Waals surface area contributed by atoms with Crippen LogP contribution in [-0.2, 0) is 10.9 Å². The van der Waals surface area contributed by atoms with Gasteiger partial charge in [-0.15, -0.1) is 0 Å². The third-order valence-electron chi connectivity index (χ3n) is 5.07. The second-order valence-electron chi connectivity index (χ2n) is 7.40. The van der Waals surface area contributed by atoms with E-state index < -0.39 is 11.7 Å². The van der Waals surface area contributed by atoms with E-state index in [0.717, 1.165) is 57.1 Å². The van der Waals surface area contributed by atoms with Crippen molar-refractivity contribution in [3.8, 4) is 0 Å². The van der Waals surface area contributed by atoms with E-state index in [4.69, 9.17) is 10.5 Å². The van der Waals surface area contributed by atoms with E-state index >= 15 is 0 Å². The summed E-state index contributed by atoms with van der Waals surface area (Å²) in [5.74, 6) is 0. The smallest absolute Gasteiger partial charge is 0.399 e. The Morgan fingerprint density at radius 3 is 2.59 bits per heavy atom. The highest BCUT2D eigenvalue weighted by Crippen LogP contribution is 2.33. The maximum absolute atomic E-state index is 13.1. The topological polar surface area (TPSA) is 53.8 Å². The van der Waals surface area contributed by atoms with Crippen LogP contribution in [0.1, 0.15) is 36.9 Å². The Balaban J connectivity index is 1.71. The molecular formula is C19H27F3N4O. The van der Waals surface area contributed by atoms with E-state index in [2.05, 4.69) is 15.1 Å². The molecule has 2 aliphatic heterocycles. The van der Waals surface area contributed by atoms with Crippen molar-refractivity contribution < 1.29 is 17.9 Å². The Kier molecular flexibility index (Phi) is 5.86. The van der Waals surface area contributed by atoms with Crippen molar-refractivity contribution in [2.75, 3.05) is 39.2 Å². The highest BCUT2D eigenvalue weighted by Gasteiger charge is 2.32. The molecule has 150 valence electrons. The van der Waals surface area contributed by atoms with Gasteiger partial charge < -0.3 is 20.7 Å². The number of nitrogens with two attached hydrogens (primary N) is 1. The van der Waals surface area contributed by atoms with Gasteiger partial charge in [-0.1, -0.05) is 0 Å². The Bertz CT molecular complexity index is 686. The predicted octanol–water partition coefficient (Wildman–Crippen LogP) is 3.16. The molecule has 1 aromatic rings. The Morgan fingerprint density at radius 2 is 1.93 bits per heavy atom. The minimum Gasteiger partial charge on any atom is -0.399 e. The highest BCUT2D eigenvalue weighted by atomic mass is 19.4. The standard InChI is InChI=1S/C19H27F3N4O/c1-13(14-7-15(19(20,21)22)9-16(23)8-14)24-17-10-25(2)12-26(11-17)18-3-5-27-6-4-18/h7-10,13,18,24H,3-6,11-12,23H2,1-2H3/t13-/m1/s1. The molecule has 2 aliphatic rings. The minimum atomic E-state index is -4.41. The molecular weight excluding hydrogens is 357 g/mol. The van der Waals surface area contributed by atoms with E-state index in [1.54, 1.807) is 6.07 Å². The lowest BCUT2D eigenvalue weighted by molar-refractivity contribution is -0.137. The summed E-state index contributed by atoms with van der Waals surface area (Å²) in [6.45, 7) is 4.98. The van der Waals surface area contributed by atoms with Crippen molar-refractivity contribution in [2.45, 2.75) is 38.0 Å². The van der Waals surface area contributed by atoms with Crippen LogP contribution in [0.4, 0.5) is 18.9 Å². The van der Waals surface area contributed by atoms with Crippen LogP contribution in [-0.4, -0.2) is 49.3 Å². The van der Waals surface area contributed by atoms with Gasteiger partial charge in [0, 0.05) is 56.5 Å². The van der Waals surface area contributed by atoms with Crippen LogP contribution in [0.3, 0.4) is 0 Å². The van der Waals surface area contributed by atoms with Gasteiger partial charge in [-0.25, -0.2) is 0 Å². The highest BCUT2D eigenvalue weighted by molar-refractivity contribution is 5.46. The molecule has 0 aromatic heterocycles. The van der Waals surface area contributed by atoms with Gasteiger partial charge >= 0.3 is 6.18 Å². The number of ether oxygens (including phenoxy) is 1. The zero-order chi connectivity index (χ0) is 19.6. The monoisotopic (exact) mass is 384 g/mol. The summed E-state index contributed by atoms with van der Waals surface area (Å²) >= 11 is 0. The number of hydrogen-bond acceptors (Lipinski definition) is 5. The molecule has 27 heavy (non-hydrogen) atoms. The van der Waals surface area contributed by atoms with Crippen molar-refractivity contribution in [1.29, 1.82) is 0 Å². The summed E-state index contributed by atoms with van der Waals surface area (Å²) < 4.78 is 44.6. The Hall–Kier alpha value is -1.93. The van der Waals surface area contributed by atoms with Gasteiger partial charge in [-0.2, -0.15) is 13.2 Å². The van der Waals surface area contributed by atoms with Crippen molar-refractivity contribution in [2.24, 2.45) is 0 Å². The molecule has 1 aromatic carbocycles. The zero-order valence-electron chi connectivity index (χ0n) is 15.7. The molecule has 0 spiro atoms. The summed E-state index contributed by atoms with van der Waals surface area (Å²) in [6.07, 6.45) is -0.390. The van der Waals surface area contributed by atoms with Gasteiger partial charge in [0.2, 0.25) is 0 Å². The predicted molar refractivity (Wildman–Crippen MR) is 98.7 cm³/mol. The molecule has 0 saturated carbocycles. The zero-order valence-corrected chi connectivity index (χ0v) is 15.7. The van der Waals surface area contributed by atoms with Gasteiger partial charge in [0.15, 0.2) is 0 Å². The molecule has 1 fully saturated rings. The van der Waals surface area contributed by atoms with E-state index in [-0.39, 0.29) is 11.7 Å². The first kappa shape index (κ1) is 19.8. The summed E-state index contributed by atoms with van der Waals surface area (Å²) in [5.41, 5.74) is 6.60.